The van der Waals surface area contributed by atoms with Gasteiger partial charge in [-0.15, -0.1) is 0 Å². The van der Waals surface area contributed by atoms with Gasteiger partial charge in [-0.05, 0) is 54.8 Å². The number of anilines is 1. The van der Waals surface area contributed by atoms with Crippen LogP contribution in [0.25, 0.3) is 22.0 Å². The van der Waals surface area contributed by atoms with E-state index in [0.29, 0.717) is 10.8 Å². The number of aromatic nitrogens is 1. The van der Waals surface area contributed by atoms with Crippen molar-refractivity contribution in [2.45, 2.75) is 13.8 Å². The Hall–Kier alpha value is -2.10. The second-order valence-corrected chi connectivity index (χ2v) is 5.62. The van der Waals surface area contributed by atoms with Crippen LogP contribution < -0.4 is 11.3 Å². The molecule has 3 nitrogen and oxygen atoms in total. The number of fused-ring (bicyclic) bond motifs is 1. The van der Waals surface area contributed by atoms with Gasteiger partial charge in [-0.3, -0.25) is 0 Å². The zero-order chi connectivity index (χ0) is 15.0. The summed E-state index contributed by atoms with van der Waals surface area (Å²) in [7, 11) is 0. The molecular formula is C17H16ClN3. The molecule has 0 bridgehead atoms. The number of nitrogens with zero attached hydrogens (tertiary/aromatic N) is 1. The highest BCUT2D eigenvalue weighted by Crippen LogP contribution is 2.32. The van der Waals surface area contributed by atoms with E-state index in [1.165, 1.54) is 11.1 Å². The van der Waals surface area contributed by atoms with Gasteiger partial charge in [0.1, 0.15) is 5.82 Å². The molecule has 0 unspecified atom stereocenters. The minimum Gasteiger partial charge on any atom is -0.308 e. The summed E-state index contributed by atoms with van der Waals surface area (Å²) in [6, 6.07) is 14.0. The van der Waals surface area contributed by atoms with E-state index in [0.717, 1.165) is 22.0 Å². The van der Waals surface area contributed by atoms with Gasteiger partial charge in [0.25, 0.3) is 0 Å². The lowest BCUT2D eigenvalue weighted by Gasteiger charge is -2.12. The molecule has 2 aromatic carbocycles. The van der Waals surface area contributed by atoms with Gasteiger partial charge in [-0.2, -0.15) is 0 Å². The SMILES string of the molecule is Cc1cc(C)c2cc(-c3ccc(Cl)cc3)c(NN)nc2c1. The number of benzene rings is 2. The average Bonchev–Trinajstić information content (AvgIpc) is 2.47. The Kier molecular flexibility index (Phi) is 3.53. The van der Waals surface area contributed by atoms with Gasteiger partial charge in [0, 0.05) is 16.0 Å². The van der Waals surface area contributed by atoms with Crippen LogP contribution in [0, 0.1) is 13.8 Å². The molecule has 21 heavy (non-hydrogen) atoms. The molecule has 0 aliphatic carbocycles. The molecule has 3 rings (SSSR count). The van der Waals surface area contributed by atoms with Gasteiger partial charge in [0.2, 0.25) is 0 Å². The molecule has 0 saturated carbocycles. The molecule has 0 atom stereocenters. The summed E-state index contributed by atoms with van der Waals surface area (Å²) < 4.78 is 0. The quantitative estimate of drug-likeness (QED) is 0.542. The Bertz CT molecular complexity index is 810. The van der Waals surface area contributed by atoms with Gasteiger partial charge in [0.15, 0.2) is 0 Å². The highest BCUT2D eigenvalue weighted by atomic mass is 35.5. The van der Waals surface area contributed by atoms with Gasteiger partial charge in [0.05, 0.1) is 5.52 Å². The fraction of sp³-hybridized carbons (Fsp3) is 0.118. The summed E-state index contributed by atoms with van der Waals surface area (Å²) in [5.41, 5.74) is 8.03. The Labute approximate surface area is 128 Å². The third-order valence-corrected chi connectivity index (χ3v) is 3.83. The van der Waals surface area contributed by atoms with E-state index in [1.54, 1.807) is 0 Å². The third-order valence-electron chi connectivity index (χ3n) is 3.58. The predicted molar refractivity (Wildman–Crippen MR) is 89.5 cm³/mol. The molecule has 1 heterocycles. The number of hydrogen-bond donors (Lipinski definition) is 2. The normalized spacial score (nSPS) is 10.9. The van der Waals surface area contributed by atoms with Crippen molar-refractivity contribution in [1.82, 2.24) is 4.98 Å². The molecule has 0 spiro atoms. The molecule has 0 saturated heterocycles. The van der Waals surface area contributed by atoms with E-state index >= 15 is 0 Å². The Morgan fingerprint density at radius 3 is 2.43 bits per heavy atom. The number of hydrogen-bond acceptors (Lipinski definition) is 3. The Morgan fingerprint density at radius 2 is 1.76 bits per heavy atom. The molecule has 3 N–H and O–H groups in total. The Balaban J connectivity index is 2.28. The number of aryl methyl sites for hydroxylation is 2. The van der Waals surface area contributed by atoms with E-state index in [9.17, 15) is 0 Å². The average molecular weight is 298 g/mol. The lowest BCUT2D eigenvalue weighted by Crippen LogP contribution is -2.10. The summed E-state index contributed by atoms with van der Waals surface area (Å²) in [5, 5.41) is 1.84. The topological polar surface area (TPSA) is 50.9 Å². The molecule has 106 valence electrons. The van der Waals surface area contributed by atoms with Gasteiger partial charge < -0.3 is 5.43 Å². The highest BCUT2D eigenvalue weighted by Gasteiger charge is 2.10. The van der Waals surface area contributed by atoms with Gasteiger partial charge in [-0.25, -0.2) is 10.8 Å². The molecular weight excluding hydrogens is 282 g/mol. The number of pyridine rings is 1. The number of nitrogen functional groups attached to an aromatic ring is 1. The summed E-state index contributed by atoms with van der Waals surface area (Å²) in [4.78, 5) is 4.65. The smallest absolute Gasteiger partial charge is 0.148 e. The molecule has 0 radical (unpaired) electrons. The van der Waals surface area contributed by atoms with Crippen molar-refractivity contribution in [3.63, 3.8) is 0 Å². The maximum absolute atomic E-state index is 5.95. The zero-order valence-corrected chi connectivity index (χ0v) is 12.7. The lowest BCUT2D eigenvalue weighted by atomic mass is 10.0. The van der Waals surface area contributed by atoms with Crippen molar-refractivity contribution in [2.24, 2.45) is 5.84 Å². The van der Waals surface area contributed by atoms with Crippen LogP contribution in [-0.4, -0.2) is 4.98 Å². The molecule has 4 heteroatoms. The second kappa shape index (κ2) is 5.35. The first-order valence-electron chi connectivity index (χ1n) is 6.73. The standard InChI is InChI=1S/C17H16ClN3/c1-10-7-11(2)14-9-15(12-3-5-13(18)6-4-12)17(21-19)20-16(14)8-10/h3-9H,19H2,1-2H3,(H,20,21). The summed E-state index contributed by atoms with van der Waals surface area (Å²) in [5.74, 6) is 6.31. The molecule has 0 amide bonds. The van der Waals surface area contributed by atoms with Gasteiger partial charge >= 0.3 is 0 Å². The van der Waals surface area contributed by atoms with Crippen molar-refractivity contribution in [3.8, 4) is 11.1 Å². The minimum atomic E-state index is 0.662. The maximum atomic E-state index is 5.95. The highest BCUT2D eigenvalue weighted by molar-refractivity contribution is 6.30. The second-order valence-electron chi connectivity index (χ2n) is 5.18. The van der Waals surface area contributed by atoms with Crippen LogP contribution in [0.5, 0.6) is 0 Å². The molecule has 0 fully saturated rings. The van der Waals surface area contributed by atoms with Gasteiger partial charge in [-0.1, -0.05) is 29.8 Å². The molecule has 1 aromatic heterocycles. The third kappa shape index (κ3) is 2.58. The van der Waals surface area contributed by atoms with E-state index in [1.807, 2.05) is 24.3 Å². The van der Waals surface area contributed by atoms with Crippen molar-refractivity contribution in [3.05, 3.63) is 58.6 Å². The summed E-state index contributed by atoms with van der Waals surface area (Å²) in [6.07, 6.45) is 0. The molecule has 3 aromatic rings. The number of nitrogens with two attached hydrogens (primary N) is 1. The fourth-order valence-corrected chi connectivity index (χ4v) is 2.72. The molecule has 0 aliphatic heterocycles. The maximum Gasteiger partial charge on any atom is 0.148 e. The minimum absolute atomic E-state index is 0.662. The van der Waals surface area contributed by atoms with Crippen LogP contribution in [0.15, 0.2) is 42.5 Å². The van der Waals surface area contributed by atoms with Crippen molar-refractivity contribution in [2.75, 3.05) is 5.43 Å². The number of rotatable bonds is 2. The van der Waals surface area contributed by atoms with Crippen LogP contribution in [0.1, 0.15) is 11.1 Å². The lowest BCUT2D eigenvalue weighted by molar-refractivity contribution is 1.26. The number of hydrazine groups is 1. The van der Waals surface area contributed by atoms with Crippen LogP contribution in [0.2, 0.25) is 5.02 Å². The fourth-order valence-electron chi connectivity index (χ4n) is 2.59. The monoisotopic (exact) mass is 297 g/mol. The first kappa shape index (κ1) is 13.9. The molecule has 0 aliphatic rings. The number of nitrogens with one attached hydrogen (secondary N) is 1. The number of halogens is 1. The summed E-state index contributed by atoms with van der Waals surface area (Å²) >= 11 is 5.95. The van der Waals surface area contributed by atoms with Crippen LogP contribution in [0.4, 0.5) is 5.82 Å². The van der Waals surface area contributed by atoms with Crippen molar-refractivity contribution >= 4 is 28.3 Å². The predicted octanol–water partition coefficient (Wildman–Crippen LogP) is 4.46. The first-order chi connectivity index (χ1) is 10.1. The van der Waals surface area contributed by atoms with Crippen LogP contribution in [-0.2, 0) is 0 Å². The van der Waals surface area contributed by atoms with E-state index in [2.05, 4.69) is 42.5 Å². The largest absolute Gasteiger partial charge is 0.308 e. The van der Waals surface area contributed by atoms with E-state index in [-0.39, 0.29) is 0 Å². The van der Waals surface area contributed by atoms with Crippen LogP contribution >= 0.6 is 11.6 Å². The van der Waals surface area contributed by atoms with Crippen molar-refractivity contribution < 1.29 is 0 Å². The zero-order valence-electron chi connectivity index (χ0n) is 11.9. The van der Waals surface area contributed by atoms with E-state index in [4.69, 9.17) is 17.4 Å². The Morgan fingerprint density at radius 1 is 1.05 bits per heavy atom. The van der Waals surface area contributed by atoms with Crippen LogP contribution in [0.3, 0.4) is 0 Å². The van der Waals surface area contributed by atoms with E-state index < -0.39 is 0 Å². The van der Waals surface area contributed by atoms with Crippen molar-refractivity contribution in [1.29, 1.82) is 0 Å². The first-order valence-corrected chi connectivity index (χ1v) is 7.11. The summed E-state index contributed by atoms with van der Waals surface area (Å²) in [6.45, 7) is 4.16.